The summed E-state index contributed by atoms with van der Waals surface area (Å²) in [5.41, 5.74) is 0.547. The number of carbonyl (C=O) groups is 5. The molecule has 0 bridgehead atoms. The first kappa shape index (κ1) is 34.4. The number of carbonyl (C=O) groups excluding carboxylic acids is 5. The van der Waals surface area contributed by atoms with Gasteiger partial charge >= 0.3 is 17.6 Å². The highest BCUT2D eigenvalue weighted by molar-refractivity contribution is 9.10. The zero-order valence-corrected chi connectivity index (χ0v) is 26.6. The molecule has 3 atom stereocenters. The molecule has 4 aromatic rings. The fraction of sp³-hybridized carbons (Fsp3) is 0.310. The monoisotopic (exact) mass is 715 g/mol. The zero-order valence-electron chi connectivity index (χ0n) is 25.0. The number of esters is 2. The Morgan fingerprint density at radius 2 is 1.57 bits per heavy atom. The number of aromatic nitrogens is 4. The lowest BCUT2D eigenvalue weighted by atomic mass is 10.1. The zero-order chi connectivity index (χ0) is 33.9. The number of para-hydroxylation sites is 1. The maximum Gasteiger partial charge on any atom is 0.354 e. The van der Waals surface area contributed by atoms with Crippen molar-refractivity contribution in [3.8, 4) is 5.75 Å². The average molecular weight is 717 g/mol. The molecule has 0 saturated carbocycles. The Labute approximate surface area is 274 Å². The predicted molar refractivity (Wildman–Crippen MR) is 165 cm³/mol. The number of ether oxygens (including phenoxy) is 3. The van der Waals surface area contributed by atoms with Gasteiger partial charge in [0.15, 0.2) is 18.5 Å². The lowest BCUT2D eigenvalue weighted by molar-refractivity contribution is -0.166. The third-order valence-corrected chi connectivity index (χ3v) is 7.22. The molecule has 0 spiro atoms. The van der Waals surface area contributed by atoms with Gasteiger partial charge in [-0.15, -0.1) is 0 Å². The van der Waals surface area contributed by atoms with Crippen molar-refractivity contribution in [3.05, 3.63) is 75.6 Å². The van der Waals surface area contributed by atoms with Crippen LogP contribution in [0.4, 0.5) is 0 Å². The summed E-state index contributed by atoms with van der Waals surface area (Å²) >= 11 is 3.13. The summed E-state index contributed by atoms with van der Waals surface area (Å²) < 4.78 is 20.5. The molecule has 5 N–H and O–H groups in total. The van der Waals surface area contributed by atoms with Crippen LogP contribution in [-0.2, 0) is 46.3 Å². The van der Waals surface area contributed by atoms with Crippen molar-refractivity contribution >= 4 is 56.6 Å². The van der Waals surface area contributed by atoms with Crippen molar-refractivity contribution in [2.45, 2.75) is 38.0 Å². The number of H-pyrrole nitrogens is 2. The second-order valence-corrected chi connectivity index (χ2v) is 10.7. The largest absolute Gasteiger partial charge is 0.482 e. The summed E-state index contributed by atoms with van der Waals surface area (Å²) in [6, 6.07) is 4.16. The van der Waals surface area contributed by atoms with Crippen molar-refractivity contribution in [1.82, 2.24) is 35.9 Å². The molecule has 3 heterocycles. The average Bonchev–Trinajstić information content (AvgIpc) is 3.77. The van der Waals surface area contributed by atoms with Crippen LogP contribution in [-0.4, -0.2) is 88.0 Å². The highest BCUT2D eigenvalue weighted by Crippen LogP contribution is 2.30. The SMILES string of the molecule is COC(=O)[C@H](C)OC(=O)[C@H](Cc1cnc[nH]1)NC(=O)CNC(=O)[C@H](Cc1cnc[nH]1)NC(=O)COc1c(Br)c(=O)oc2ccccc12. The first-order valence-electron chi connectivity index (χ1n) is 14.0. The van der Waals surface area contributed by atoms with Crippen LogP contribution in [0.25, 0.3) is 11.0 Å². The molecule has 0 saturated heterocycles. The number of fused-ring (bicyclic) bond motifs is 1. The van der Waals surface area contributed by atoms with Gasteiger partial charge in [-0.2, -0.15) is 0 Å². The van der Waals surface area contributed by atoms with Gasteiger partial charge in [0.2, 0.25) is 11.8 Å². The Morgan fingerprint density at radius 3 is 2.21 bits per heavy atom. The van der Waals surface area contributed by atoms with Crippen LogP contribution in [0.15, 0.2) is 63.0 Å². The molecule has 248 valence electrons. The second kappa shape index (κ2) is 16.2. The van der Waals surface area contributed by atoms with E-state index in [0.29, 0.717) is 16.8 Å². The van der Waals surface area contributed by atoms with E-state index in [1.165, 1.54) is 32.0 Å². The van der Waals surface area contributed by atoms with Crippen LogP contribution in [0.1, 0.15) is 18.3 Å². The highest BCUT2D eigenvalue weighted by atomic mass is 79.9. The summed E-state index contributed by atoms with van der Waals surface area (Å²) in [7, 11) is 1.14. The number of benzene rings is 1. The van der Waals surface area contributed by atoms with E-state index >= 15 is 0 Å². The number of hydrogen-bond acceptors (Lipinski definition) is 12. The number of amides is 3. The molecule has 0 aliphatic carbocycles. The molecule has 0 unspecified atom stereocenters. The van der Waals surface area contributed by atoms with Crippen LogP contribution in [0.3, 0.4) is 0 Å². The molecular formula is C29H30BrN7O10. The summed E-state index contributed by atoms with van der Waals surface area (Å²) in [4.78, 5) is 89.1. The predicted octanol–water partition coefficient (Wildman–Crippen LogP) is 0.0564. The van der Waals surface area contributed by atoms with E-state index in [4.69, 9.17) is 13.9 Å². The van der Waals surface area contributed by atoms with E-state index in [1.807, 2.05) is 0 Å². The molecular weight excluding hydrogens is 686 g/mol. The van der Waals surface area contributed by atoms with Gasteiger partial charge in [-0.05, 0) is 35.0 Å². The molecule has 0 fully saturated rings. The standard InChI is InChI=1S/C29H30BrN7O10/c1-15(27(41)44-2)46-28(42)20(8-17-10-32-14-35-17)37-22(38)11-33-26(40)19(7-16-9-31-13-34-16)36-23(39)12-45-25-18-5-3-4-6-21(18)47-29(43)24(25)30/h3-6,9-10,13-15,19-20H,7-8,11-12H2,1-2H3,(H,31,34)(H,32,35)(H,33,40)(H,36,39)(H,37,38)/t15-,19-,20-/m0/s1. The van der Waals surface area contributed by atoms with Crippen LogP contribution in [0.5, 0.6) is 5.75 Å². The Morgan fingerprint density at radius 1 is 0.936 bits per heavy atom. The molecule has 4 rings (SSSR count). The number of nitrogens with one attached hydrogen (secondary N) is 5. The van der Waals surface area contributed by atoms with Crippen LogP contribution < -0.4 is 26.3 Å². The maximum absolute atomic E-state index is 13.2. The number of hydrogen-bond donors (Lipinski definition) is 5. The molecule has 3 aromatic heterocycles. The van der Waals surface area contributed by atoms with Gasteiger partial charge in [-0.25, -0.2) is 24.4 Å². The highest BCUT2D eigenvalue weighted by Gasteiger charge is 2.29. The minimum Gasteiger partial charge on any atom is -0.482 e. The van der Waals surface area contributed by atoms with Crippen molar-refractivity contribution in [3.63, 3.8) is 0 Å². The Hall–Kier alpha value is -5.52. The molecule has 0 radical (unpaired) electrons. The van der Waals surface area contributed by atoms with Crippen molar-refractivity contribution in [2.75, 3.05) is 20.3 Å². The topological polar surface area (TPSA) is 237 Å². The lowest BCUT2D eigenvalue weighted by Gasteiger charge is -2.21. The number of methoxy groups -OCH3 is 1. The van der Waals surface area contributed by atoms with Crippen molar-refractivity contribution in [2.24, 2.45) is 0 Å². The van der Waals surface area contributed by atoms with E-state index < -0.39 is 66.6 Å². The fourth-order valence-corrected chi connectivity index (χ4v) is 4.66. The maximum atomic E-state index is 13.2. The van der Waals surface area contributed by atoms with Gasteiger partial charge in [0.05, 0.1) is 31.7 Å². The van der Waals surface area contributed by atoms with E-state index in [2.05, 4.69) is 56.6 Å². The molecule has 3 amide bonds. The van der Waals surface area contributed by atoms with Crippen LogP contribution in [0.2, 0.25) is 0 Å². The van der Waals surface area contributed by atoms with Gasteiger partial charge < -0.3 is 44.5 Å². The number of imidazole rings is 2. The number of halogens is 1. The number of nitrogens with zero attached hydrogens (tertiary/aromatic N) is 2. The summed E-state index contributed by atoms with van der Waals surface area (Å²) in [5, 5.41) is 7.91. The summed E-state index contributed by atoms with van der Waals surface area (Å²) in [6.45, 7) is 0.166. The smallest absolute Gasteiger partial charge is 0.354 e. The molecule has 1 aromatic carbocycles. The van der Waals surface area contributed by atoms with E-state index in [9.17, 15) is 28.8 Å². The first-order valence-corrected chi connectivity index (χ1v) is 14.8. The molecule has 0 aliphatic heterocycles. The van der Waals surface area contributed by atoms with Gasteiger partial charge in [0.25, 0.3) is 5.91 Å². The minimum atomic E-state index is -1.25. The molecule has 17 nitrogen and oxygen atoms in total. The Bertz CT molecular complexity index is 1780. The van der Waals surface area contributed by atoms with Gasteiger partial charge in [-0.1, -0.05) is 12.1 Å². The van der Waals surface area contributed by atoms with E-state index in [-0.39, 0.29) is 28.6 Å². The molecule has 18 heteroatoms. The number of aromatic amines is 2. The van der Waals surface area contributed by atoms with Gasteiger partial charge in [0, 0.05) is 36.6 Å². The van der Waals surface area contributed by atoms with Crippen molar-refractivity contribution in [1.29, 1.82) is 0 Å². The molecule has 47 heavy (non-hydrogen) atoms. The van der Waals surface area contributed by atoms with Gasteiger partial charge in [-0.3, -0.25) is 14.4 Å². The lowest BCUT2D eigenvalue weighted by Crippen LogP contribution is -2.52. The van der Waals surface area contributed by atoms with Crippen molar-refractivity contribution < 1.29 is 42.6 Å². The molecule has 0 aliphatic rings. The Kier molecular flexibility index (Phi) is 11.8. The van der Waals surface area contributed by atoms with E-state index in [1.54, 1.807) is 24.3 Å². The number of rotatable bonds is 15. The first-order chi connectivity index (χ1) is 22.5. The fourth-order valence-electron chi connectivity index (χ4n) is 4.26. The Balaban J connectivity index is 1.39. The third kappa shape index (κ3) is 9.49. The minimum absolute atomic E-state index is 0.0174. The van der Waals surface area contributed by atoms with E-state index in [0.717, 1.165) is 7.11 Å². The third-order valence-electron chi connectivity index (χ3n) is 6.54. The van der Waals surface area contributed by atoms with Crippen LogP contribution in [0, 0.1) is 0 Å². The normalized spacial score (nSPS) is 12.7. The summed E-state index contributed by atoms with van der Waals surface area (Å²) in [6.07, 6.45) is 4.37. The quantitative estimate of drug-likeness (QED) is 0.0811. The van der Waals surface area contributed by atoms with Crippen LogP contribution >= 0.6 is 15.9 Å². The second-order valence-electron chi connectivity index (χ2n) is 9.94. The van der Waals surface area contributed by atoms with Gasteiger partial charge in [0.1, 0.15) is 22.1 Å². The summed E-state index contributed by atoms with van der Waals surface area (Å²) in [5.74, 6) is -3.83.